The van der Waals surface area contributed by atoms with E-state index in [2.05, 4.69) is 19.9 Å². The first-order valence-electron chi connectivity index (χ1n) is 20.2. The van der Waals surface area contributed by atoms with Crippen LogP contribution in [0, 0.1) is 54.4 Å². The van der Waals surface area contributed by atoms with Crippen molar-refractivity contribution in [3.63, 3.8) is 0 Å². The number of nitrogens with zero attached hydrogens (tertiary/aromatic N) is 6. The van der Waals surface area contributed by atoms with Crippen LogP contribution in [0.5, 0.6) is 0 Å². The van der Waals surface area contributed by atoms with Crippen molar-refractivity contribution in [3.8, 4) is 12.1 Å². The third kappa shape index (κ3) is 13.0. The van der Waals surface area contributed by atoms with Crippen molar-refractivity contribution in [2.24, 2.45) is 0 Å². The molecule has 2 aromatic carbocycles. The van der Waals surface area contributed by atoms with Crippen molar-refractivity contribution in [1.82, 2.24) is 29.1 Å². The van der Waals surface area contributed by atoms with Crippen molar-refractivity contribution in [2.45, 2.75) is 79.3 Å². The van der Waals surface area contributed by atoms with Crippen LogP contribution in [0.4, 0.5) is 17.9 Å². The summed E-state index contributed by atoms with van der Waals surface area (Å²) in [5.74, 6) is -4.99. The number of carbonyl (C=O) groups is 2. The van der Waals surface area contributed by atoms with Gasteiger partial charge in [-0.05, 0) is 121 Å². The molecular formula is C47H44F4N8O7W. The molecule has 0 aliphatic carbocycles. The number of H-pyrrole nitrogens is 2. The van der Waals surface area contributed by atoms with Crippen LogP contribution in [0.25, 0.3) is 0 Å². The Bertz CT molecular complexity index is 3160. The van der Waals surface area contributed by atoms with Gasteiger partial charge in [-0.15, -0.1) is 0 Å². The Morgan fingerprint density at radius 3 is 1.42 bits per heavy atom. The number of carbonyl (C=O) groups excluding carboxylic acids is 2. The number of nitrogens with one attached hydrogen (secondary N) is 2. The Balaban J connectivity index is 0.000000346. The number of hydrogen-bond donors (Lipinski definition) is 3. The number of hydrogen-bond acceptors (Lipinski definition) is 11. The van der Waals surface area contributed by atoms with Crippen molar-refractivity contribution in [1.29, 1.82) is 10.5 Å². The molecule has 0 saturated carbocycles. The number of rotatable bonds is 13. The van der Waals surface area contributed by atoms with Gasteiger partial charge in [-0.2, -0.15) is 28.7 Å². The SMILES string of the molecule is Cc1cc(C#N)cc(C(=O)c2c(C(C)C)c(=O)[nH]c(=O)n2Cc2cc(F)nc(CCCO)c2)c1.Cc1cc(C#N)cc(C(=O)c2c(C(C)C)c(=O)[nH]c(=O)n2Cc2cc(F)nc(F)c2)c1.F.[W]. The first-order chi connectivity index (χ1) is 30.7. The molecule has 67 heavy (non-hydrogen) atoms. The summed E-state index contributed by atoms with van der Waals surface area (Å²) < 4.78 is 43.4. The second kappa shape index (κ2) is 23.3. The molecule has 20 heteroatoms. The van der Waals surface area contributed by atoms with Crippen molar-refractivity contribution < 1.29 is 53.6 Å². The van der Waals surface area contributed by atoms with Crippen LogP contribution in [0.2, 0.25) is 0 Å². The first kappa shape index (κ1) is 54.1. The summed E-state index contributed by atoms with van der Waals surface area (Å²) in [6, 6.07) is 17.7. The zero-order chi connectivity index (χ0) is 47.9. The maximum atomic E-state index is 14.2. The monoisotopic (exact) mass is 1090 g/mol. The van der Waals surface area contributed by atoms with Gasteiger partial charge in [0.1, 0.15) is 11.4 Å². The minimum Gasteiger partial charge on any atom is -0.396 e. The van der Waals surface area contributed by atoms with Gasteiger partial charge in [0, 0.05) is 55.6 Å². The summed E-state index contributed by atoms with van der Waals surface area (Å²) in [5.41, 5.74) is -0.276. The van der Waals surface area contributed by atoms with E-state index in [9.17, 15) is 52.5 Å². The number of ketones is 2. The Morgan fingerprint density at radius 1 is 0.657 bits per heavy atom. The first-order valence-corrected chi connectivity index (χ1v) is 20.2. The zero-order valence-corrected chi connectivity index (χ0v) is 39.9. The van der Waals surface area contributed by atoms with Crippen LogP contribution < -0.4 is 22.5 Å². The molecule has 4 heterocycles. The summed E-state index contributed by atoms with van der Waals surface area (Å²) in [4.78, 5) is 89.1. The van der Waals surface area contributed by atoms with Crippen LogP contribution in [-0.4, -0.2) is 52.4 Å². The molecule has 0 saturated heterocycles. The van der Waals surface area contributed by atoms with Gasteiger partial charge in [0.2, 0.25) is 29.4 Å². The molecule has 0 amide bonds. The van der Waals surface area contributed by atoms with Gasteiger partial charge in [-0.3, -0.25) is 43.0 Å². The van der Waals surface area contributed by atoms with Crippen molar-refractivity contribution >= 4 is 11.6 Å². The smallest absolute Gasteiger partial charge is 0.329 e. The fourth-order valence-electron chi connectivity index (χ4n) is 7.33. The molecular weight excluding hydrogens is 1050 g/mol. The summed E-state index contributed by atoms with van der Waals surface area (Å²) >= 11 is 0. The molecule has 348 valence electrons. The second-order valence-corrected chi connectivity index (χ2v) is 15.8. The summed E-state index contributed by atoms with van der Waals surface area (Å²) in [7, 11) is 0. The molecule has 6 rings (SSSR count). The Morgan fingerprint density at radius 2 is 1.04 bits per heavy atom. The van der Waals surface area contributed by atoms with Crippen LogP contribution in [0.15, 0.2) is 79.8 Å². The predicted octanol–water partition coefficient (Wildman–Crippen LogP) is 5.52. The largest absolute Gasteiger partial charge is 0.396 e. The molecule has 4 aromatic heterocycles. The molecule has 0 radical (unpaired) electrons. The number of aliphatic hydroxyl groups excluding tert-OH is 1. The van der Waals surface area contributed by atoms with Gasteiger partial charge in [0.05, 0.1) is 36.4 Å². The fourth-order valence-corrected chi connectivity index (χ4v) is 7.33. The Kier molecular flexibility index (Phi) is 18.8. The van der Waals surface area contributed by atoms with E-state index in [0.29, 0.717) is 35.2 Å². The number of aryl methyl sites for hydroxylation is 3. The zero-order valence-electron chi connectivity index (χ0n) is 37.0. The number of aromatic nitrogens is 6. The molecule has 0 bridgehead atoms. The topological polar surface area (TPSA) is 237 Å². The Labute approximate surface area is 394 Å². The number of pyridine rings is 2. The predicted molar refractivity (Wildman–Crippen MR) is 234 cm³/mol. The van der Waals surface area contributed by atoms with Crippen LogP contribution in [0.1, 0.15) is 128 Å². The van der Waals surface area contributed by atoms with E-state index in [1.165, 1.54) is 18.2 Å². The minimum atomic E-state index is -1.08. The quantitative estimate of drug-likeness (QED) is 0.0740. The third-order valence-corrected chi connectivity index (χ3v) is 9.99. The van der Waals surface area contributed by atoms with Crippen molar-refractivity contribution in [2.75, 3.05) is 6.61 Å². The number of aliphatic hydroxyl groups is 1. The molecule has 15 nitrogen and oxygen atoms in total. The van der Waals surface area contributed by atoms with Gasteiger partial charge < -0.3 is 5.11 Å². The van der Waals surface area contributed by atoms with Gasteiger partial charge in [0.15, 0.2) is 0 Å². The van der Waals surface area contributed by atoms with Gasteiger partial charge in [0.25, 0.3) is 11.1 Å². The van der Waals surface area contributed by atoms with Gasteiger partial charge in [-0.1, -0.05) is 27.7 Å². The maximum absolute atomic E-state index is 14.2. The van der Waals surface area contributed by atoms with E-state index in [1.54, 1.807) is 65.8 Å². The van der Waals surface area contributed by atoms with Crippen molar-refractivity contribution in [3.05, 3.63) is 193 Å². The summed E-state index contributed by atoms with van der Waals surface area (Å²) in [6.45, 7) is 9.62. The fraction of sp³-hybridized carbons (Fsp3) is 0.277. The van der Waals surface area contributed by atoms with E-state index in [-0.39, 0.29) is 95.8 Å². The molecule has 0 unspecified atom stereocenters. The normalized spacial score (nSPS) is 10.6. The summed E-state index contributed by atoms with van der Waals surface area (Å²) in [6.07, 6.45) is 0.732. The van der Waals surface area contributed by atoms with E-state index < -0.39 is 63.7 Å². The molecule has 0 spiro atoms. The van der Waals surface area contributed by atoms with Crippen LogP contribution in [-0.2, 0) is 40.6 Å². The van der Waals surface area contributed by atoms with Gasteiger partial charge in [-0.25, -0.2) is 14.6 Å². The van der Waals surface area contributed by atoms with E-state index in [1.807, 2.05) is 12.1 Å². The second-order valence-electron chi connectivity index (χ2n) is 15.8. The standard InChI is InChI=1S/C25H25FN4O4.C22H18F2N4O3.FH.W/c1-14(2)21-22(23(32)18-8-15(3)7-16(9-18)12-27)30(25(34)29-24(21)33)13-17-10-19(5-4-6-31)28-20(26)11-17;1-11(2)18-19(20(29)15-5-12(3)4-13(6-15)9-25)28(22(31)27-21(18)30)10-14-7-16(23)26-17(24)8-14;;/h7-11,14,31H,4-6,13H2,1-3H3,(H,29,33,34);4-8,11H,10H2,1-3H3,(H,27,30,31);1H;. The number of aromatic amines is 2. The van der Waals surface area contributed by atoms with E-state index >= 15 is 0 Å². The number of nitriles is 2. The van der Waals surface area contributed by atoms with Gasteiger partial charge >= 0.3 is 11.4 Å². The molecule has 0 aliphatic rings. The third-order valence-electron chi connectivity index (χ3n) is 9.99. The molecule has 0 aliphatic heterocycles. The molecule has 0 atom stereocenters. The number of benzene rings is 2. The maximum Gasteiger partial charge on any atom is 0.329 e. The van der Waals surface area contributed by atoms with E-state index in [4.69, 9.17) is 5.11 Å². The number of halogens is 4. The summed E-state index contributed by atoms with van der Waals surface area (Å²) in [5, 5.41) is 27.6. The molecule has 3 N–H and O–H groups in total. The average molecular weight is 1090 g/mol. The molecule has 6 aromatic rings. The van der Waals surface area contributed by atoms with E-state index in [0.717, 1.165) is 27.3 Å². The minimum absolute atomic E-state index is 0. The van der Waals surface area contributed by atoms with Crippen LogP contribution in [0.3, 0.4) is 0 Å². The Hall–Kier alpha value is -7.21. The van der Waals surface area contributed by atoms with Crippen LogP contribution >= 0.6 is 0 Å². The average Bonchev–Trinajstić information content (AvgIpc) is 3.22. The molecule has 0 fully saturated rings.